The summed E-state index contributed by atoms with van der Waals surface area (Å²) in [5.41, 5.74) is 3.20. The van der Waals surface area contributed by atoms with E-state index in [1.165, 1.54) is 23.1 Å². The van der Waals surface area contributed by atoms with Crippen molar-refractivity contribution >= 4 is 45.1 Å². The Morgan fingerprint density at radius 3 is 2.48 bits per heavy atom. The van der Waals surface area contributed by atoms with E-state index in [-0.39, 0.29) is 10.6 Å². The zero-order valence-electron chi connectivity index (χ0n) is 14.2. The van der Waals surface area contributed by atoms with Crippen LogP contribution < -0.4 is 4.90 Å². The first-order valence-corrected chi connectivity index (χ1v) is 9.00. The Bertz CT molecular complexity index is 912. The maximum absolute atomic E-state index is 10.9. The van der Waals surface area contributed by atoms with Gasteiger partial charge in [-0.1, -0.05) is 18.2 Å². The normalized spacial score (nSPS) is 11.3. The average molecular weight is 353 g/mol. The summed E-state index contributed by atoms with van der Waals surface area (Å²) in [6.45, 7) is 6.27. The van der Waals surface area contributed by atoms with Gasteiger partial charge in [-0.15, -0.1) is 11.3 Å². The lowest BCUT2D eigenvalue weighted by Gasteiger charge is -2.20. The van der Waals surface area contributed by atoms with Crippen LogP contribution >= 0.6 is 11.3 Å². The van der Waals surface area contributed by atoms with E-state index in [9.17, 15) is 10.1 Å². The molecule has 5 nitrogen and oxygen atoms in total. The van der Waals surface area contributed by atoms with Crippen LogP contribution in [0.2, 0.25) is 0 Å². The standard InChI is InChI=1S/C19H19N3O2S/c1-3-21(4-2)15-8-5-14(6-9-15)7-12-19-20-17-11-10-16(22(23)24)13-18(17)25-19/h5-13H,3-4H2,1-2H3/b12-7+. The Labute approximate surface area is 150 Å². The lowest BCUT2D eigenvalue weighted by atomic mass is 10.2. The van der Waals surface area contributed by atoms with Crippen molar-refractivity contribution in [2.75, 3.05) is 18.0 Å². The molecule has 0 spiro atoms. The van der Waals surface area contributed by atoms with E-state index in [1.807, 2.05) is 12.2 Å². The molecule has 25 heavy (non-hydrogen) atoms. The van der Waals surface area contributed by atoms with Gasteiger partial charge in [0, 0.05) is 30.9 Å². The Hall–Kier alpha value is -2.73. The molecule has 2 aromatic carbocycles. The van der Waals surface area contributed by atoms with E-state index in [1.54, 1.807) is 12.1 Å². The number of fused-ring (bicyclic) bond motifs is 1. The van der Waals surface area contributed by atoms with Crippen LogP contribution in [0.25, 0.3) is 22.4 Å². The molecule has 3 rings (SSSR count). The van der Waals surface area contributed by atoms with Crippen molar-refractivity contribution in [3.05, 3.63) is 63.1 Å². The highest BCUT2D eigenvalue weighted by atomic mass is 32.1. The molecule has 0 saturated carbocycles. The topological polar surface area (TPSA) is 59.3 Å². The lowest BCUT2D eigenvalue weighted by molar-refractivity contribution is -0.384. The van der Waals surface area contributed by atoms with Crippen molar-refractivity contribution in [1.82, 2.24) is 4.98 Å². The molecular formula is C19H19N3O2S. The monoisotopic (exact) mass is 353 g/mol. The number of nitro groups is 1. The second-order valence-corrected chi connectivity index (χ2v) is 6.62. The van der Waals surface area contributed by atoms with Crippen LogP contribution in [0.15, 0.2) is 42.5 Å². The SMILES string of the molecule is CCN(CC)c1ccc(/C=C/c2nc3ccc([N+](=O)[O-])cc3s2)cc1. The second kappa shape index (κ2) is 7.44. The van der Waals surface area contributed by atoms with E-state index in [0.717, 1.165) is 33.9 Å². The van der Waals surface area contributed by atoms with Crippen LogP contribution in [0.5, 0.6) is 0 Å². The predicted octanol–water partition coefficient (Wildman–Crippen LogP) is 5.22. The molecule has 6 heteroatoms. The highest BCUT2D eigenvalue weighted by molar-refractivity contribution is 7.19. The number of hydrogen-bond acceptors (Lipinski definition) is 5. The number of hydrogen-bond donors (Lipinski definition) is 0. The molecule has 0 aliphatic carbocycles. The van der Waals surface area contributed by atoms with Gasteiger partial charge in [0.15, 0.2) is 0 Å². The van der Waals surface area contributed by atoms with Gasteiger partial charge < -0.3 is 4.90 Å². The summed E-state index contributed by atoms with van der Waals surface area (Å²) in [5.74, 6) is 0. The molecule has 0 unspecified atom stereocenters. The first-order valence-electron chi connectivity index (χ1n) is 8.18. The van der Waals surface area contributed by atoms with Crippen LogP contribution in [-0.4, -0.2) is 23.0 Å². The van der Waals surface area contributed by atoms with Crippen molar-refractivity contribution in [3.63, 3.8) is 0 Å². The van der Waals surface area contributed by atoms with Crippen molar-refractivity contribution in [3.8, 4) is 0 Å². The third-order valence-electron chi connectivity index (χ3n) is 4.04. The first kappa shape index (κ1) is 17.1. The minimum absolute atomic E-state index is 0.0960. The summed E-state index contributed by atoms with van der Waals surface area (Å²) in [4.78, 5) is 17.3. The molecule has 3 aromatic rings. The Kier molecular flexibility index (Phi) is 5.09. The second-order valence-electron chi connectivity index (χ2n) is 5.56. The van der Waals surface area contributed by atoms with Crippen LogP contribution in [0.1, 0.15) is 24.4 Å². The minimum atomic E-state index is -0.383. The van der Waals surface area contributed by atoms with Gasteiger partial charge in [0.2, 0.25) is 0 Å². The van der Waals surface area contributed by atoms with Gasteiger partial charge in [-0.25, -0.2) is 4.98 Å². The number of nitrogens with zero attached hydrogens (tertiary/aromatic N) is 3. The third-order valence-corrected chi connectivity index (χ3v) is 5.02. The van der Waals surface area contributed by atoms with Crippen molar-refractivity contribution in [2.24, 2.45) is 0 Å². The van der Waals surface area contributed by atoms with Gasteiger partial charge >= 0.3 is 0 Å². The van der Waals surface area contributed by atoms with Gasteiger partial charge in [-0.2, -0.15) is 0 Å². The Balaban J connectivity index is 1.79. The average Bonchev–Trinajstić information content (AvgIpc) is 3.04. The summed E-state index contributed by atoms with van der Waals surface area (Å²) in [6, 6.07) is 13.2. The first-order chi connectivity index (χ1) is 12.1. The Morgan fingerprint density at radius 1 is 1.12 bits per heavy atom. The van der Waals surface area contributed by atoms with Gasteiger partial charge in [-0.3, -0.25) is 10.1 Å². The molecule has 1 heterocycles. The molecule has 0 atom stereocenters. The van der Waals surface area contributed by atoms with Crippen molar-refractivity contribution in [2.45, 2.75) is 13.8 Å². The largest absolute Gasteiger partial charge is 0.372 e. The molecule has 0 aliphatic heterocycles. The summed E-state index contributed by atoms with van der Waals surface area (Å²) in [5, 5.41) is 11.7. The predicted molar refractivity (Wildman–Crippen MR) is 105 cm³/mol. The van der Waals surface area contributed by atoms with Gasteiger partial charge in [0.05, 0.1) is 15.1 Å². The van der Waals surface area contributed by atoms with E-state index in [4.69, 9.17) is 0 Å². The summed E-state index contributed by atoms with van der Waals surface area (Å²) in [6.07, 6.45) is 3.96. The molecular weight excluding hydrogens is 334 g/mol. The molecule has 0 aliphatic rings. The molecule has 0 bridgehead atoms. The zero-order chi connectivity index (χ0) is 17.8. The number of nitro benzene ring substituents is 1. The van der Waals surface area contributed by atoms with Gasteiger partial charge in [-0.05, 0) is 43.7 Å². The maximum atomic E-state index is 10.9. The van der Waals surface area contributed by atoms with Crippen LogP contribution in [0.4, 0.5) is 11.4 Å². The molecule has 128 valence electrons. The van der Waals surface area contributed by atoms with E-state index >= 15 is 0 Å². The summed E-state index contributed by atoms with van der Waals surface area (Å²) < 4.78 is 0.825. The van der Waals surface area contributed by atoms with Crippen molar-refractivity contribution in [1.29, 1.82) is 0 Å². The molecule has 0 fully saturated rings. The fourth-order valence-electron chi connectivity index (χ4n) is 2.67. The van der Waals surface area contributed by atoms with E-state index < -0.39 is 0 Å². The number of thiazole rings is 1. The smallest absolute Gasteiger partial charge is 0.270 e. The molecule has 1 aromatic heterocycles. The number of benzene rings is 2. The lowest BCUT2D eigenvalue weighted by Crippen LogP contribution is -2.21. The summed E-state index contributed by atoms with van der Waals surface area (Å²) >= 11 is 1.45. The number of anilines is 1. The van der Waals surface area contributed by atoms with Crippen molar-refractivity contribution < 1.29 is 4.92 Å². The molecule has 0 radical (unpaired) electrons. The highest BCUT2D eigenvalue weighted by Crippen LogP contribution is 2.27. The fourth-order valence-corrected chi connectivity index (χ4v) is 3.57. The Morgan fingerprint density at radius 2 is 1.84 bits per heavy atom. The fraction of sp³-hybridized carbons (Fsp3) is 0.211. The third kappa shape index (κ3) is 3.85. The van der Waals surface area contributed by atoms with Gasteiger partial charge in [0.1, 0.15) is 5.01 Å². The quantitative estimate of drug-likeness (QED) is 0.450. The number of non-ortho nitro benzene ring substituents is 1. The molecule has 0 amide bonds. The van der Waals surface area contributed by atoms with Crippen LogP contribution in [0.3, 0.4) is 0 Å². The number of rotatable bonds is 6. The molecule has 0 N–H and O–H groups in total. The maximum Gasteiger partial charge on any atom is 0.270 e. The van der Waals surface area contributed by atoms with Crippen LogP contribution in [0, 0.1) is 10.1 Å². The minimum Gasteiger partial charge on any atom is -0.372 e. The van der Waals surface area contributed by atoms with Gasteiger partial charge in [0.25, 0.3) is 5.69 Å². The van der Waals surface area contributed by atoms with E-state index in [0.29, 0.717) is 0 Å². The zero-order valence-corrected chi connectivity index (χ0v) is 15.0. The highest BCUT2D eigenvalue weighted by Gasteiger charge is 2.09. The van der Waals surface area contributed by atoms with Crippen LogP contribution in [-0.2, 0) is 0 Å². The summed E-state index contributed by atoms with van der Waals surface area (Å²) in [7, 11) is 0. The van der Waals surface area contributed by atoms with E-state index in [2.05, 4.69) is 48.0 Å². The molecule has 0 saturated heterocycles. The number of aromatic nitrogens is 1.